The molecule has 3 aromatic rings. The fourth-order valence-corrected chi connectivity index (χ4v) is 6.03. The second kappa shape index (κ2) is 22.8. The molecule has 12 heteroatoms. The predicted octanol–water partition coefficient (Wildman–Crippen LogP) is 5.15. The first-order chi connectivity index (χ1) is 24.7. The monoisotopic (exact) mass is 738 g/mol. The first-order valence-electron chi connectivity index (χ1n) is 17.4. The van der Waals surface area contributed by atoms with Gasteiger partial charge in [0.25, 0.3) is 0 Å². The second-order valence-electron chi connectivity index (χ2n) is 12.6. The zero-order valence-corrected chi connectivity index (χ0v) is 31.2. The highest BCUT2D eigenvalue weighted by Gasteiger charge is 2.28. The minimum Gasteiger partial charge on any atom is -0.494 e. The number of hydrogen-bond donors (Lipinski definition) is 6. The average molecular weight is 739 g/mol. The van der Waals surface area contributed by atoms with Crippen molar-refractivity contribution in [3.8, 4) is 5.75 Å². The van der Waals surface area contributed by atoms with Crippen molar-refractivity contribution in [1.29, 1.82) is 0 Å². The van der Waals surface area contributed by atoms with Gasteiger partial charge in [0.2, 0.25) is 17.7 Å². The van der Waals surface area contributed by atoms with Gasteiger partial charge in [-0.3, -0.25) is 19.2 Å². The van der Waals surface area contributed by atoms with Crippen LogP contribution in [0.25, 0.3) is 0 Å². The summed E-state index contributed by atoms with van der Waals surface area (Å²) in [5.74, 6) is -0.616. The van der Waals surface area contributed by atoms with Gasteiger partial charge in [-0.05, 0) is 117 Å². The van der Waals surface area contributed by atoms with Crippen molar-refractivity contribution in [3.05, 3.63) is 101 Å². The number of piperidine rings is 1. The lowest BCUT2D eigenvalue weighted by Gasteiger charge is -2.23. The van der Waals surface area contributed by atoms with Gasteiger partial charge in [0.1, 0.15) is 23.7 Å². The van der Waals surface area contributed by atoms with Crippen LogP contribution >= 0.6 is 25.3 Å². The molecule has 276 valence electrons. The number of thiol groups is 2. The van der Waals surface area contributed by atoms with E-state index in [0.29, 0.717) is 24.5 Å². The molecule has 9 nitrogen and oxygen atoms in total. The molecule has 3 aromatic carbocycles. The smallest absolute Gasteiger partial charge is 0.243 e. The molecule has 4 N–H and O–H groups in total. The van der Waals surface area contributed by atoms with Crippen LogP contribution in [0.4, 0.5) is 4.39 Å². The fraction of sp³-hybridized carbons (Fsp3) is 0.436. The Balaban J connectivity index is 0.00000345. The average Bonchev–Trinajstić information content (AvgIpc) is 3.13. The zero-order valence-electron chi connectivity index (χ0n) is 29.5. The number of rotatable bonds is 18. The maximum atomic E-state index is 13.6. The van der Waals surface area contributed by atoms with Gasteiger partial charge in [-0.25, -0.2) is 4.39 Å². The number of aryl methyl sites for hydroxylation is 3. The summed E-state index contributed by atoms with van der Waals surface area (Å²) in [5, 5.41) is 11.2. The molecule has 0 radical (unpaired) electrons. The van der Waals surface area contributed by atoms with Gasteiger partial charge >= 0.3 is 0 Å². The number of benzene rings is 3. The molecule has 0 spiro atoms. The number of halogens is 1. The van der Waals surface area contributed by atoms with Gasteiger partial charge in [0.15, 0.2) is 5.12 Å². The van der Waals surface area contributed by atoms with Crippen LogP contribution in [0, 0.1) is 18.7 Å². The van der Waals surface area contributed by atoms with Crippen molar-refractivity contribution in [2.75, 3.05) is 26.0 Å². The minimum absolute atomic E-state index is 0.0220. The fourth-order valence-electron chi connectivity index (χ4n) is 5.84. The quantitative estimate of drug-likeness (QED) is 0.100. The lowest BCUT2D eigenvalue weighted by Crippen LogP contribution is -2.54. The number of carbonyl (C=O) groups is 4. The Hall–Kier alpha value is -3.87. The number of ether oxygens (including phenoxy) is 1. The number of amides is 3. The van der Waals surface area contributed by atoms with Crippen molar-refractivity contribution >= 4 is 48.1 Å². The molecule has 0 saturated carbocycles. The first-order valence-corrected chi connectivity index (χ1v) is 18.8. The highest BCUT2D eigenvalue weighted by Crippen LogP contribution is 2.20. The third kappa shape index (κ3) is 15.5. The standard InChI is InChI=1S/C38H47FN4O5S.CH4S/c1-26-12-15-32(48-20-18-29-10-6-19-40-24-29)22-30(26)25-41-37(46)33(16-13-27-7-3-2-4-8-27)43-38(47)34(23-36(45)49)42-35(44)17-14-28-9-5-11-31(39)21-28;1-2/h2-5,7-9,11-12,15,21-22,29,33-34,40H,6,10,13-14,16-20,23-25H2,1H3,(H,41,46)(H,42,44)(H,43,47)(H,45,49);2H,1H3/t29?,33-,34-;/m0./s1. The summed E-state index contributed by atoms with van der Waals surface area (Å²) in [6.45, 7) is 4.90. The molecular weight excluding hydrogens is 688 g/mol. The molecule has 1 aliphatic heterocycles. The van der Waals surface area contributed by atoms with Gasteiger partial charge < -0.3 is 26.0 Å². The van der Waals surface area contributed by atoms with Crippen LogP contribution in [0.2, 0.25) is 0 Å². The topological polar surface area (TPSA) is 126 Å². The van der Waals surface area contributed by atoms with E-state index >= 15 is 0 Å². The molecule has 1 aliphatic rings. The Bertz CT molecular complexity index is 1560. The van der Waals surface area contributed by atoms with E-state index in [0.717, 1.165) is 42.0 Å². The molecule has 1 fully saturated rings. The molecule has 1 unspecified atom stereocenters. The van der Waals surface area contributed by atoms with Gasteiger partial charge in [-0.15, -0.1) is 12.6 Å². The molecule has 1 saturated heterocycles. The number of nitrogens with one attached hydrogen (secondary N) is 4. The largest absolute Gasteiger partial charge is 0.494 e. The summed E-state index contributed by atoms with van der Waals surface area (Å²) in [5.41, 5.74) is 3.50. The SMILES string of the molecule is CS.Cc1ccc(OCCC2CCCNC2)cc1CNC(=O)[C@H](CCc1ccccc1)NC(=O)[C@H](CC(=O)S)NC(=O)CCc1cccc(F)c1. The first kappa shape index (κ1) is 41.5. The van der Waals surface area contributed by atoms with E-state index < -0.39 is 40.7 Å². The van der Waals surface area contributed by atoms with Crippen LogP contribution in [0.1, 0.15) is 60.8 Å². The van der Waals surface area contributed by atoms with Gasteiger partial charge in [-0.1, -0.05) is 48.5 Å². The highest BCUT2D eigenvalue weighted by molar-refractivity contribution is 7.96. The zero-order chi connectivity index (χ0) is 37.0. The molecule has 0 bridgehead atoms. The Labute approximate surface area is 312 Å². The Morgan fingerprint density at radius 1 is 0.922 bits per heavy atom. The Kier molecular flexibility index (Phi) is 18.6. The van der Waals surface area contributed by atoms with Gasteiger partial charge in [0, 0.05) is 19.4 Å². The maximum Gasteiger partial charge on any atom is 0.243 e. The lowest BCUT2D eigenvalue weighted by atomic mass is 9.97. The number of hydrogen-bond acceptors (Lipinski definition) is 7. The Morgan fingerprint density at radius 3 is 2.39 bits per heavy atom. The van der Waals surface area contributed by atoms with Crippen molar-refractivity contribution in [1.82, 2.24) is 21.3 Å². The van der Waals surface area contributed by atoms with E-state index in [1.807, 2.05) is 55.5 Å². The minimum atomic E-state index is -1.24. The van der Waals surface area contributed by atoms with Crippen molar-refractivity contribution in [2.24, 2.45) is 5.92 Å². The van der Waals surface area contributed by atoms with Crippen molar-refractivity contribution in [3.63, 3.8) is 0 Å². The Morgan fingerprint density at radius 2 is 1.69 bits per heavy atom. The molecule has 3 atom stereocenters. The molecule has 3 amide bonds. The van der Waals surface area contributed by atoms with Crippen LogP contribution in [0.5, 0.6) is 5.75 Å². The van der Waals surface area contributed by atoms with Crippen molar-refractivity contribution in [2.45, 2.75) is 76.9 Å². The van der Waals surface area contributed by atoms with Crippen LogP contribution in [0.15, 0.2) is 72.8 Å². The summed E-state index contributed by atoms with van der Waals surface area (Å²) in [7, 11) is 0. The lowest BCUT2D eigenvalue weighted by molar-refractivity contribution is -0.133. The maximum absolute atomic E-state index is 13.6. The summed E-state index contributed by atoms with van der Waals surface area (Å²) in [4.78, 5) is 51.8. The normalized spacial score (nSPS) is 15.0. The van der Waals surface area contributed by atoms with Gasteiger partial charge in [0.05, 0.1) is 6.61 Å². The third-order valence-corrected chi connectivity index (χ3v) is 8.91. The van der Waals surface area contributed by atoms with Crippen LogP contribution < -0.4 is 26.0 Å². The molecule has 1 heterocycles. The molecule has 51 heavy (non-hydrogen) atoms. The highest BCUT2D eigenvalue weighted by atomic mass is 32.1. The van der Waals surface area contributed by atoms with Crippen LogP contribution in [-0.4, -0.2) is 60.9 Å². The predicted molar refractivity (Wildman–Crippen MR) is 206 cm³/mol. The number of carbonyl (C=O) groups excluding carboxylic acids is 4. The summed E-state index contributed by atoms with van der Waals surface area (Å²) < 4.78 is 19.6. The van der Waals surface area contributed by atoms with E-state index in [-0.39, 0.29) is 32.2 Å². The molecule has 0 aromatic heterocycles. The molecular formula is C39H51FN4O5S2. The van der Waals surface area contributed by atoms with Crippen LogP contribution in [0.3, 0.4) is 0 Å². The van der Waals surface area contributed by atoms with Gasteiger partial charge in [-0.2, -0.15) is 12.6 Å². The van der Waals surface area contributed by atoms with E-state index in [1.165, 1.54) is 25.0 Å². The summed E-state index contributed by atoms with van der Waals surface area (Å²) in [6, 6.07) is 19.1. The summed E-state index contributed by atoms with van der Waals surface area (Å²) >= 11 is 7.36. The molecule has 4 rings (SSSR count). The van der Waals surface area contributed by atoms with Crippen molar-refractivity contribution < 1.29 is 28.3 Å². The molecule has 0 aliphatic carbocycles. The van der Waals surface area contributed by atoms with Crippen LogP contribution in [-0.2, 0) is 38.6 Å². The summed E-state index contributed by atoms with van der Waals surface area (Å²) in [6.07, 6.45) is 5.72. The van der Waals surface area contributed by atoms with E-state index in [2.05, 4.69) is 46.5 Å². The third-order valence-electron chi connectivity index (χ3n) is 8.73. The van der Waals surface area contributed by atoms with E-state index in [9.17, 15) is 23.6 Å². The van der Waals surface area contributed by atoms with E-state index in [1.54, 1.807) is 18.4 Å². The van der Waals surface area contributed by atoms with E-state index in [4.69, 9.17) is 4.74 Å². The second-order valence-corrected chi connectivity index (χ2v) is 13.1.